The molecule has 0 saturated carbocycles. The Kier molecular flexibility index (Phi) is 3.77. The summed E-state index contributed by atoms with van der Waals surface area (Å²) in [6.07, 6.45) is 0.0919. The van der Waals surface area contributed by atoms with E-state index in [2.05, 4.69) is 10.5 Å². The Morgan fingerprint density at radius 2 is 2.14 bits per heavy atom. The SMILES string of the molecule is N#Cc1ccc(NC(=O)Cc2noc3ccccc23)cc1Cl. The first-order valence-electron chi connectivity index (χ1n) is 6.50. The third-order valence-electron chi connectivity index (χ3n) is 3.15. The van der Waals surface area contributed by atoms with Crippen molar-refractivity contribution in [1.82, 2.24) is 5.16 Å². The molecule has 0 unspecified atom stereocenters. The highest BCUT2D eigenvalue weighted by atomic mass is 35.5. The predicted molar refractivity (Wildman–Crippen MR) is 82.5 cm³/mol. The Labute approximate surface area is 131 Å². The first-order chi connectivity index (χ1) is 10.7. The molecular formula is C16H10ClN3O2. The first kappa shape index (κ1) is 14.1. The number of rotatable bonds is 3. The second-order valence-electron chi connectivity index (χ2n) is 4.66. The van der Waals surface area contributed by atoms with Crippen molar-refractivity contribution in [3.05, 3.63) is 58.7 Å². The lowest BCUT2D eigenvalue weighted by Gasteiger charge is -2.05. The Bertz CT molecular complexity index is 896. The number of carbonyl (C=O) groups excluding carboxylic acids is 1. The van der Waals surface area contributed by atoms with E-state index < -0.39 is 0 Å². The number of nitriles is 1. The summed E-state index contributed by atoms with van der Waals surface area (Å²) in [6.45, 7) is 0. The van der Waals surface area contributed by atoms with Crippen LogP contribution in [0.3, 0.4) is 0 Å². The molecule has 2 aromatic carbocycles. The van der Waals surface area contributed by atoms with Gasteiger partial charge in [0.1, 0.15) is 11.8 Å². The fourth-order valence-corrected chi connectivity index (χ4v) is 2.33. The Morgan fingerprint density at radius 1 is 1.32 bits per heavy atom. The number of aromatic nitrogens is 1. The van der Waals surface area contributed by atoms with Gasteiger partial charge < -0.3 is 9.84 Å². The van der Waals surface area contributed by atoms with Gasteiger partial charge in [-0.05, 0) is 30.3 Å². The van der Waals surface area contributed by atoms with Crippen LogP contribution < -0.4 is 5.32 Å². The monoisotopic (exact) mass is 311 g/mol. The summed E-state index contributed by atoms with van der Waals surface area (Å²) in [7, 11) is 0. The molecule has 0 aliphatic heterocycles. The smallest absolute Gasteiger partial charge is 0.230 e. The minimum absolute atomic E-state index is 0.0919. The molecule has 0 aliphatic carbocycles. The van der Waals surface area contributed by atoms with Crippen LogP contribution >= 0.6 is 11.6 Å². The lowest BCUT2D eigenvalue weighted by atomic mass is 10.1. The lowest BCUT2D eigenvalue weighted by molar-refractivity contribution is -0.115. The molecular weight excluding hydrogens is 302 g/mol. The number of para-hydroxylation sites is 1. The van der Waals surface area contributed by atoms with Crippen LogP contribution in [0, 0.1) is 11.3 Å². The van der Waals surface area contributed by atoms with E-state index in [1.165, 1.54) is 0 Å². The molecule has 0 saturated heterocycles. The summed E-state index contributed by atoms with van der Waals surface area (Å²) in [5.41, 5.74) is 2.11. The van der Waals surface area contributed by atoms with Crippen LogP contribution in [0.4, 0.5) is 5.69 Å². The molecule has 0 aliphatic rings. The predicted octanol–water partition coefficient (Wildman–Crippen LogP) is 3.53. The molecule has 0 spiro atoms. The summed E-state index contributed by atoms with van der Waals surface area (Å²) >= 11 is 5.93. The highest BCUT2D eigenvalue weighted by Gasteiger charge is 2.12. The molecule has 0 bridgehead atoms. The zero-order valence-electron chi connectivity index (χ0n) is 11.3. The first-order valence-corrected chi connectivity index (χ1v) is 6.88. The van der Waals surface area contributed by atoms with E-state index in [9.17, 15) is 4.79 Å². The number of halogens is 1. The van der Waals surface area contributed by atoms with E-state index in [0.29, 0.717) is 27.6 Å². The molecule has 6 heteroatoms. The number of hydrogen-bond acceptors (Lipinski definition) is 4. The van der Waals surface area contributed by atoms with Crippen molar-refractivity contribution in [3.63, 3.8) is 0 Å². The summed E-state index contributed by atoms with van der Waals surface area (Å²) < 4.78 is 5.16. The zero-order chi connectivity index (χ0) is 15.5. The molecule has 1 aromatic heterocycles. The average Bonchev–Trinajstić information content (AvgIpc) is 2.91. The lowest BCUT2D eigenvalue weighted by Crippen LogP contribution is -2.14. The average molecular weight is 312 g/mol. The minimum atomic E-state index is -0.236. The second-order valence-corrected chi connectivity index (χ2v) is 5.06. The van der Waals surface area contributed by atoms with Gasteiger partial charge in [0.15, 0.2) is 5.58 Å². The van der Waals surface area contributed by atoms with E-state index in [-0.39, 0.29) is 12.3 Å². The van der Waals surface area contributed by atoms with E-state index in [0.717, 1.165) is 5.39 Å². The van der Waals surface area contributed by atoms with E-state index in [4.69, 9.17) is 21.4 Å². The topological polar surface area (TPSA) is 78.9 Å². The summed E-state index contributed by atoms with van der Waals surface area (Å²) in [5.74, 6) is -0.236. The largest absolute Gasteiger partial charge is 0.356 e. The van der Waals surface area contributed by atoms with Crippen molar-refractivity contribution >= 4 is 34.2 Å². The van der Waals surface area contributed by atoms with Gasteiger partial charge in [-0.1, -0.05) is 28.9 Å². The molecule has 3 rings (SSSR count). The van der Waals surface area contributed by atoms with E-state index in [1.54, 1.807) is 24.3 Å². The third-order valence-corrected chi connectivity index (χ3v) is 3.47. The number of fused-ring (bicyclic) bond motifs is 1. The fraction of sp³-hybridized carbons (Fsp3) is 0.0625. The number of benzene rings is 2. The quantitative estimate of drug-likeness (QED) is 0.802. The number of amides is 1. The van der Waals surface area contributed by atoms with Crippen molar-refractivity contribution < 1.29 is 9.32 Å². The van der Waals surface area contributed by atoms with Crippen LogP contribution in [-0.2, 0) is 11.2 Å². The Balaban J connectivity index is 1.75. The second kappa shape index (κ2) is 5.88. The summed E-state index contributed by atoms with van der Waals surface area (Å²) in [5, 5.41) is 16.6. The number of nitrogens with zero attached hydrogens (tertiary/aromatic N) is 2. The molecule has 5 nitrogen and oxygen atoms in total. The molecule has 0 atom stereocenters. The van der Waals surface area contributed by atoms with Gasteiger partial charge in [-0.2, -0.15) is 5.26 Å². The van der Waals surface area contributed by atoms with Gasteiger partial charge in [-0.15, -0.1) is 0 Å². The van der Waals surface area contributed by atoms with Crippen LogP contribution in [0.15, 0.2) is 47.0 Å². The van der Waals surface area contributed by atoms with Crippen LogP contribution in [-0.4, -0.2) is 11.1 Å². The van der Waals surface area contributed by atoms with Crippen LogP contribution in [0.1, 0.15) is 11.3 Å². The van der Waals surface area contributed by atoms with Gasteiger partial charge in [0.2, 0.25) is 5.91 Å². The molecule has 1 N–H and O–H groups in total. The van der Waals surface area contributed by atoms with Crippen LogP contribution in [0.5, 0.6) is 0 Å². The van der Waals surface area contributed by atoms with Gasteiger partial charge in [0.25, 0.3) is 0 Å². The summed E-state index contributed by atoms with van der Waals surface area (Å²) in [6, 6.07) is 14.0. The molecule has 108 valence electrons. The number of hydrogen-bond donors (Lipinski definition) is 1. The van der Waals surface area contributed by atoms with Crippen molar-refractivity contribution in [2.45, 2.75) is 6.42 Å². The molecule has 1 heterocycles. The standard InChI is InChI=1S/C16H10ClN3O2/c17-13-7-11(6-5-10(13)9-18)19-16(21)8-14-12-3-1-2-4-15(12)22-20-14/h1-7H,8H2,(H,19,21). The van der Waals surface area contributed by atoms with E-state index in [1.807, 2.05) is 24.3 Å². The fourth-order valence-electron chi connectivity index (χ4n) is 2.11. The summed E-state index contributed by atoms with van der Waals surface area (Å²) in [4.78, 5) is 12.1. The molecule has 0 fully saturated rings. The van der Waals surface area contributed by atoms with Gasteiger partial charge >= 0.3 is 0 Å². The van der Waals surface area contributed by atoms with Gasteiger partial charge in [-0.3, -0.25) is 4.79 Å². The molecule has 22 heavy (non-hydrogen) atoms. The maximum absolute atomic E-state index is 12.1. The highest BCUT2D eigenvalue weighted by Crippen LogP contribution is 2.21. The van der Waals surface area contributed by atoms with Crippen LogP contribution in [0.2, 0.25) is 5.02 Å². The Morgan fingerprint density at radius 3 is 2.91 bits per heavy atom. The zero-order valence-corrected chi connectivity index (χ0v) is 12.1. The normalized spacial score (nSPS) is 10.4. The van der Waals surface area contributed by atoms with Crippen molar-refractivity contribution in [1.29, 1.82) is 5.26 Å². The number of anilines is 1. The maximum atomic E-state index is 12.1. The molecule has 1 amide bonds. The maximum Gasteiger partial charge on any atom is 0.230 e. The van der Waals surface area contributed by atoms with Gasteiger partial charge in [0.05, 0.1) is 17.0 Å². The Hall–Kier alpha value is -2.84. The van der Waals surface area contributed by atoms with Gasteiger partial charge in [0, 0.05) is 11.1 Å². The van der Waals surface area contributed by atoms with Gasteiger partial charge in [-0.25, -0.2) is 0 Å². The van der Waals surface area contributed by atoms with E-state index >= 15 is 0 Å². The van der Waals surface area contributed by atoms with Crippen molar-refractivity contribution in [2.75, 3.05) is 5.32 Å². The number of carbonyl (C=O) groups is 1. The van der Waals surface area contributed by atoms with Crippen molar-refractivity contribution in [2.24, 2.45) is 0 Å². The highest BCUT2D eigenvalue weighted by molar-refractivity contribution is 6.32. The number of nitrogens with one attached hydrogen (secondary N) is 1. The van der Waals surface area contributed by atoms with Crippen LogP contribution in [0.25, 0.3) is 11.0 Å². The van der Waals surface area contributed by atoms with Crippen molar-refractivity contribution in [3.8, 4) is 6.07 Å². The molecule has 3 aromatic rings. The molecule has 0 radical (unpaired) electrons. The minimum Gasteiger partial charge on any atom is -0.356 e. The third kappa shape index (κ3) is 2.78.